The van der Waals surface area contributed by atoms with Gasteiger partial charge in [-0.25, -0.2) is 0 Å². The van der Waals surface area contributed by atoms with Gasteiger partial charge in [0.1, 0.15) is 0 Å². The fourth-order valence-corrected chi connectivity index (χ4v) is 2.28. The third kappa shape index (κ3) is 2.06. The van der Waals surface area contributed by atoms with Crippen molar-refractivity contribution in [2.75, 3.05) is 31.2 Å². The summed E-state index contributed by atoms with van der Waals surface area (Å²) in [4.78, 5) is 2.40. The number of benzene rings is 1. The van der Waals surface area contributed by atoms with Crippen LogP contribution in [0.25, 0.3) is 0 Å². The summed E-state index contributed by atoms with van der Waals surface area (Å²) in [6.45, 7) is 7.56. The topological polar surface area (TPSA) is 38.5 Å². The van der Waals surface area contributed by atoms with Gasteiger partial charge in [-0.05, 0) is 25.0 Å². The third-order valence-corrected chi connectivity index (χ3v) is 3.16. The van der Waals surface area contributed by atoms with E-state index >= 15 is 0 Å². The van der Waals surface area contributed by atoms with Gasteiger partial charge < -0.3 is 15.4 Å². The molecule has 1 aliphatic heterocycles. The predicted molar refractivity (Wildman–Crippen MR) is 66.9 cm³/mol. The molecule has 16 heavy (non-hydrogen) atoms. The van der Waals surface area contributed by atoms with Gasteiger partial charge >= 0.3 is 0 Å². The van der Waals surface area contributed by atoms with Crippen LogP contribution in [0.4, 0.5) is 5.69 Å². The van der Waals surface area contributed by atoms with E-state index < -0.39 is 0 Å². The Morgan fingerprint density at radius 2 is 1.94 bits per heavy atom. The molecule has 1 aromatic carbocycles. The van der Waals surface area contributed by atoms with E-state index in [0.717, 1.165) is 19.8 Å². The zero-order valence-electron chi connectivity index (χ0n) is 10.1. The largest absolute Gasteiger partial charge is 0.377 e. The van der Waals surface area contributed by atoms with Crippen molar-refractivity contribution in [2.45, 2.75) is 19.9 Å². The Morgan fingerprint density at radius 3 is 2.38 bits per heavy atom. The molecule has 0 saturated carbocycles. The molecule has 1 aliphatic rings. The highest BCUT2D eigenvalue weighted by atomic mass is 16.5. The number of hydrogen-bond acceptors (Lipinski definition) is 3. The summed E-state index contributed by atoms with van der Waals surface area (Å²) in [5.74, 6) is 0. The summed E-state index contributed by atoms with van der Waals surface area (Å²) in [7, 11) is 0. The lowest BCUT2D eigenvalue weighted by Crippen LogP contribution is -2.51. The Kier molecular flexibility index (Phi) is 3.46. The fourth-order valence-electron chi connectivity index (χ4n) is 2.28. The number of anilines is 1. The molecule has 0 atom stereocenters. The van der Waals surface area contributed by atoms with Crippen LogP contribution in [-0.2, 0) is 4.74 Å². The summed E-state index contributed by atoms with van der Waals surface area (Å²) in [6.07, 6.45) is 0. The molecule has 88 valence electrons. The maximum Gasteiger partial charge on any atom is 0.0758 e. The normalized spacial score (nSPS) is 15.9. The van der Waals surface area contributed by atoms with Gasteiger partial charge in [0.25, 0.3) is 0 Å². The van der Waals surface area contributed by atoms with Crippen molar-refractivity contribution in [3.63, 3.8) is 0 Å². The smallest absolute Gasteiger partial charge is 0.0758 e. The molecule has 1 aromatic rings. The molecule has 3 heteroatoms. The number of hydrogen-bond donors (Lipinski definition) is 1. The van der Waals surface area contributed by atoms with Gasteiger partial charge in [0.2, 0.25) is 0 Å². The third-order valence-electron chi connectivity index (χ3n) is 3.16. The molecule has 0 amide bonds. The molecule has 0 bridgehead atoms. The summed E-state index contributed by atoms with van der Waals surface area (Å²) in [5, 5.41) is 0. The first-order chi connectivity index (χ1) is 7.74. The Morgan fingerprint density at radius 1 is 1.31 bits per heavy atom. The average Bonchev–Trinajstić information content (AvgIpc) is 2.14. The zero-order valence-corrected chi connectivity index (χ0v) is 10.1. The molecule has 0 aliphatic carbocycles. The van der Waals surface area contributed by atoms with E-state index in [1.54, 1.807) is 0 Å². The Hall–Kier alpha value is -1.06. The molecule has 1 heterocycles. The van der Waals surface area contributed by atoms with E-state index in [1.807, 2.05) is 0 Å². The van der Waals surface area contributed by atoms with Gasteiger partial charge in [0.05, 0.1) is 19.3 Å². The second kappa shape index (κ2) is 4.85. The maximum atomic E-state index is 5.70. The van der Waals surface area contributed by atoms with Crippen molar-refractivity contribution in [3.05, 3.63) is 29.3 Å². The molecule has 2 rings (SSSR count). The van der Waals surface area contributed by atoms with E-state index in [0.29, 0.717) is 12.6 Å². The first-order valence-electron chi connectivity index (χ1n) is 5.84. The van der Waals surface area contributed by atoms with Gasteiger partial charge in [-0.3, -0.25) is 0 Å². The summed E-state index contributed by atoms with van der Waals surface area (Å²) in [5.41, 5.74) is 9.68. The first kappa shape index (κ1) is 11.4. The molecule has 0 aromatic heterocycles. The summed E-state index contributed by atoms with van der Waals surface area (Å²) < 4.78 is 5.28. The zero-order chi connectivity index (χ0) is 11.5. The minimum absolute atomic E-state index is 0.503. The van der Waals surface area contributed by atoms with Crippen molar-refractivity contribution < 1.29 is 4.74 Å². The van der Waals surface area contributed by atoms with Crippen LogP contribution in [0.1, 0.15) is 11.1 Å². The summed E-state index contributed by atoms with van der Waals surface area (Å²) >= 11 is 0. The number of para-hydroxylation sites is 1. The highest BCUT2D eigenvalue weighted by Gasteiger charge is 2.27. The van der Waals surface area contributed by atoms with Crippen LogP contribution < -0.4 is 10.6 Å². The number of aryl methyl sites for hydroxylation is 2. The SMILES string of the molecule is Cc1cccc(C)c1N(CCN)C1COC1. The van der Waals surface area contributed by atoms with E-state index in [9.17, 15) is 0 Å². The molecule has 1 saturated heterocycles. The molecular formula is C13H20N2O. The minimum atomic E-state index is 0.503. The molecule has 0 spiro atoms. The molecule has 0 radical (unpaired) electrons. The lowest BCUT2D eigenvalue weighted by Gasteiger charge is -2.40. The molecule has 2 N–H and O–H groups in total. The number of nitrogens with two attached hydrogens (primary N) is 1. The van der Waals surface area contributed by atoms with Crippen molar-refractivity contribution in [1.82, 2.24) is 0 Å². The Labute approximate surface area is 97.2 Å². The van der Waals surface area contributed by atoms with Gasteiger partial charge in [-0.15, -0.1) is 0 Å². The minimum Gasteiger partial charge on any atom is -0.377 e. The van der Waals surface area contributed by atoms with Gasteiger partial charge in [-0.1, -0.05) is 18.2 Å². The molecular weight excluding hydrogens is 200 g/mol. The Bertz CT molecular complexity index is 341. The lowest BCUT2D eigenvalue weighted by atomic mass is 10.0. The van der Waals surface area contributed by atoms with Crippen molar-refractivity contribution >= 4 is 5.69 Å². The van der Waals surface area contributed by atoms with Gasteiger partial charge in [0, 0.05) is 18.8 Å². The highest BCUT2D eigenvalue weighted by molar-refractivity contribution is 5.59. The van der Waals surface area contributed by atoms with Crippen molar-refractivity contribution in [2.24, 2.45) is 5.73 Å². The average molecular weight is 220 g/mol. The summed E-state index contributed by atoms with van der Waals surface area (Å²) in [6, 6.07) is 6.92. The van der Waals surface area contributed by atoms with Crippen LogP contribution in [0.15, 0.2) is 18.2 Å². The van der Waals surface area contributed by atoms with Crippen LogP contribution in [0.2, 0.25) is 0 Å². The number of rotatable bonds is 4. The first-order valence-corrected chi connectivity index (χ1v) is 5.84. The molecule has 1 fully saturated rings. The van der Waals surface area contributed by atoms with Crippen molar-refractivity contribution in [1.29, 1.82) is 0 Å². The monoisotopic (exact) mass is 220 g/mol. The maximum absolute atomic E-state index is 5.70. The van der Waals surface area contributed by atoms with Gasteiger partial charge in [0.15, 0.2) is 0 Å². The molecule has 3 nitrogen and oxygen atoms in total. The van der Waals surface area contributed by atoms with E-state index in [-0.39, 0.29) is 0 Å². The second-order valence-corrected chi connectivity index (χ2v) is 4.41. The number of nitrogens with zero attached hydrogens (tertiary/aromatic N) is 1. The van der Waals surface area contributed by atoms with Crippen molar-refractivity contribution in [3.8, 4) is 0 Å². The van der Waals surface area contributed by atoms with Crippen LogP contribution in [0.3, 0.4) is 0 Å². The highest BCUT2D eigenvalue weighted by Crippen LogP contribution is 2.28. The van der Waals surface area contributed by atoms with Crippen LogP contribution in [-0.4, -0.2) is 32.3 Å². The predicted octanol–water partition coefficient (Wildman–Crippen LogP) is 1.47. The van der Waals surface area contributed by atoms with Crippen LogP contribution in [0.5, 0.6) is 0 Å². The fraction of sp³-hybridized carbons (Fsp3) is 0.538. The molecule has 0 unspecified atom stereocenters. The van der Waals surface area contributed by atoms with E-state index in [2.05, 4.69) is 36.9 Å². The quantitative estimate of drug-likeness (QED) is 0.835. The van der Waals surface area contributed by atoms with Gasteiger partial charge in [-0.2, -0.15) is 0 Å². The van der Waals surface area contributed by atoms with E-state index in [4.69, 9.17) is 10.5 Å². The van der Waals surface area contributed by atoms with E-state index in [1.165, 1.54) is 16.8 Å². The second-order valence-electron chi connectivity index (χ2n) is 4.41. The Balaban J connectivity index is 2.29. The lowest BCUT2D eigenvalue weighted by molar-refractivity contribution is 0.00824. The van der Waals surface area contributed by atoms with Crippen LogP contribution >= 0.6 is 0 Å². The number of ether oxygens (including phenoxy) is 1. The van der Waals surface area contributed by atoms with Crippen LogP contribution in [0, 0.1) is 13.8 Å². The standard InChI is InChI=1S/C13H20N2O/c1-10-4-3-5-11(2)13(10)15(7-6-14)12-8-16-9-12/h3-5,12H,6-9,14H2,1-2H3.